The van der Waals surface area contributed by atoms with Crippen LogP contribution in [0.2, 0.25) is 0 Å². The van der Waals surface area contributed by atoms with E-state index in [2.05, 4.69) is 25.1 Å². The van der Waals surface area contributed by atoms with Crippen LogP contribution in [0, 0.1) is 0 Å². The first-order chi connectivity index (χ1) is 14.8. The summed E-state index contributed by atoms with van der Waals surface area (Å²) in [7, 11) is 0. The van der Waals surface area contributed by atoms with E-state index in [0.29, 0.717) is 24.7 Å². The van der Waals surface area contributed by atoms with E-state index in [1.165, 1.54) is 5.56 Å². The molecule has 3 aromatic heterocycles. The Kier molecular flexibility index (Phi) is 5.16. The minimum Gasteiger partial charge on any atom is -0.489 e. The topological polar surface area (TPSA) is 86.8 Å². The van der Waals surface area contributed by atoms with Crippen LogP contribution in [0.15, 0.2) is 65.8 Å². The van der Waals surface area contributed by atoms with Crippen molar-refractivity contribution in [3.8, 4) is 5.75 Å². The monoisotopic (exact) mass is 399 g/mol. The van der Waals surface area contributed by atoms with Gasteiger partial charge in [-0.25, -0.2) is 9.97 Å². The van der Waals surface area contributed by atoms with Crippen molar-refractivity contribution >= 4 is 0 Å². The minimum absolute atomic E-state index is 0.230. The van der Waals surface area contributed by atoms with Gasteiger partial charge in [0.05, 0.1) is 0 Å². The molecule has 7 nitrogen and oxygen atoms in total. The third-order valence-corrected chi connectivity index (χ3v) is 5.32. The molecular weight excluding hydrogens is 378 g/mol. The Labute approximate surface area is 174 Å². The normalized spacial score (nSPS) is 15.5. The van der Waals surface area contributed by atoms with Crippen LogP contribution in [0.4, 0.5) is 0 Å². The predicted octanol–water partition coefficient (Wildman–Crippen LogP) is 3.70. The van der Waals surface area contributed by atoms with Gasteiger partial charge in [-0.3, -0.25) is 4.98 Å². The van der Waals surface area contributed by atoms with E-state index in [0.717, 1.165) is 41.8 Å². The van der Waals surface area contributed by atoms with Gasteiger partial charge in [0.25, 0.3) is 0 Å². The van der Waals surface area contributed by atoms with Gasteiger partial charge in [0, 0.05) is 42.2 Å². The molecule has 0 N–H and O–H groups in total. The highest BCUT2D eigenvalue weighted by Gasteiger charge is 2.25. The first kappa shape index (κ1) is 18.4. The first-order valence-corrected chi connectivity index (χ1v) is 10.0. The summed E-state index contributed by atoms with van der Waals surface area (Å²) in [6.45, 7) is 0.497. The number of fused-ring (bicyclic) bond motifs is 1. The lowest BCUT2D eigenvalue weighted by Crippen LogP contribution is -2.14. The molecule has 3 heterocycles. The van der Waals surface area contributed by atoms with Crippen molar-refractivity contribution in [2.24, 2.45) is 0 Å². The highest BCUT2D eigenvalue weighted by atomic mass is 16.5. The van der Waals surface area contributed by atoms with Crippen molar-refractivity contribution in [1.29, 1.82) is 0 Å². The Morgan fingerprint density at radius 3 is 2.83 bits per heavy atom. The van der Waals surface area contributed by atoms with Crippen molar-refractivity contribution in [3.63, 3.8) is 0 Å². The van der Waals surface area contributed by atoms with Crippen LogP contribution in [0.1, 0.15) is 46.4 Å². The van der Waals surface area contributed by atoms with E-state index >= 15 is 0 Å². The fourth-order valence-corrected chi connectivity index (χ4v) is 3.71. The van der Waals surface area contributed by atoms with Crippen molar-refractivity contribution in [3.05, 3.63) is 95.4 Å². The highest BCUT2D eigenvalue weighted by molar-refractivity contribution is 5.29. The van der Waals surface area contributed by atoms with E-state index < -0.39 is 0 Å². The molecule has 1 aliphatic carbocycles. The molecule has 0 saturated carbocycles. The maximum absolute atomic E-state index is 5.81. The molecule has 4 aromatic rings. The van der Waals surface area contributed by atoms with E-state index in [1.807, 2.05) is 42.6 Å². The lowest BCUT2D eigenvalue weighted by atomic mass is 9.87. The molecule has 1 aromatic carbocycles. The maximum Gasteiger partial charge on any atom is 0.230 e. The van der Waals surface area contributed by atoms with Crippen LogP contribution in [0.5, 0.6) is 5.75 Å². The average molecular weight is 399 g/mol. The number of ether oxygens (including phenoxy) is 1. The smallest absolute Gasteiger partial charge is 0.230 e. The van der Waals surface area contributed by atoms with E-state index in [1.54, 1.807) is 18.7 Å². The number of aryl methyl sites for hydroxylation is 1. The van der Waals surface area contributed by atoms with Crippen LogP contribution in [-0.4, -0.2) is 25.1 Å². The summed E-state index contributed by atoms with van der Waals surface area (Å²) in [6.07, 6.45) is 10.4. The number of rotatable bonds is 6. The second kappa shape index (κ2) is 8.41. The summed E-state index contributed by atoms with van der Waals surface area (Å²) < 4.78 is 11.4. The first-order valence-electron chi connectivity index (χ1n) is 10.0. The van der Waals surface area contributed by atoms with Crippen LogP contribution >= 0.6 is 0 Å². The zero-order valence-electron chi connectivity index (χ0n) is 16.4. The number of hydrogen-bond donors (Lipinski definition) is 0. The molecule has 1 atom stereocenters. The third-order valence-electron chi connectivity index (χ3n) is 5.32. The summed E-state index contributed by atoms with van der Waals surface area (Å²) in [5.41, 5.74) is 4.46. The maximum atomic E-state index is 5.81. The molecule has 0 amide bonds. The molecule has 7 heteroatoms. The summed E-state index contributed by atoms with van der Waals surface area (Å²) in [6, 6.07) is 11.9. The Morgan fingerprint density at radius 1 is 1.03 bits per heavy atom. The lowest BCUT2D eigenvalue weighted by Gasteiger charge is -2.19. The van der Waals surface area contributed by atoms with Crippen molar-refractivity contribution in [1.82, 2.24) is 25.1 Å². The Bertz CT molecular complexity index is 1110. The lowest BCUT2D eigenvalue weighted by molar-refractivity contribution is 0.305. The highest BCUT2D eigenvalue weighted by Crippen LogP contribution is 2.30. The Balaban J connectivity index is 1.19. The van der Waals surface area contributed by atoms with Gasteiger partial charge >= 0.3 is 0 Å². The standard InChI is InChI=1S/C23H21N5O2/c1-2-17(12-24-9-1)14-29-20-6-3-16(4-7-20)10-22-27-23(30-28-22)18-5-8-21-19(11-18)13-25-15-26-21/h1-4,6-7,9,12-13,15,18H,5,8,10-11,14H2. The molecule has 30 heavy (non-hydrogen) atoms. The van der Waals surface area contributed by atoms with Gasteiger partial charge in [0.2, 0.25) is 5.89 Å². The van der Waals surface area contributed by atoms with E-state index in [-0.39, 0.29) is 5.92 Å². The molecule has 0 aliphatic heterocycles. The predicted molar refractivity (Wildman–Crippen MR) is 109 cm³/mol. The second-order valence-corrected chi connectivity index (χ2v) is 7.45. The van der Waals surface area contributed by atoms with Crippen molar-refractivity contribution < 1.29 is 9.26 Å². The SMILES string of the molecule is c1cncc(COc2ccc(Cc3noc(C4CCc5ncncc5C4)n3)cc2)c1. The van der Waals surface area contributed by atoms with Gasteiger partial charge in [-0.2, -0.15) is 4.98 Å². The van der Waals surface area contributed by atoms with E-state index in [4.69, 9.17) is 9.26 Å². The second-order valence-electron chi connectivity index (χ2n) is 7.45. The van der Waals surface area contributed by atoms with Gasteiger partial charge in [0.15, 0.2) is 5.82 Å². The van der Waals surface area contributed by atoms with Crippen LogP contribution in [-0.2, 0) is 25.9 Å². The Hall–Kier alpha value is -3.61. The fourth-order valence-electron chi connectivity index (χ4n) is 3.71. The van der Waals surface area contributed by atoms with Gasteiger partial charge in [-0.05, 0) is 48.6 Å². The average Bonchev–Trinajstić information content (AvgIpc) is 3.27. The molecule has 0 saturated heterocycles. The van der Waals surface area contributed by atoms with Gasteiger partial charge in [-0.1, -0.05) is 23.4 Å². The molecular formula is C23H21N5O2. The molecule has 0 fully saturated rings. The van der Waals surface area contributed by atoms with Crippen molar-refractivity contribution in [2.45, 2.75) is 38.2 Å². The van der Waals surface area contributed by atoms with Gasteiger partial charge < -0.3 is 9.26 Å². The molecule has 1 aliphatic rings. The summed E-state index contributed by atoms with van der Waals surface area (Å²) in [4.78, 5) is 17.2. The number of aromatic nitrogens is 5. The molecule has 0 bridgehead atoms. The zero-order chi connectivity index (χ0) is 20.2. The number of benzene rings is 1. The number of hydrogen-bond acceptors (Lipinski definition) is 7. The summed E-state index contributed by atoms with van der Waals surface area (Å²) >= 11 is 0. The molecule has 0 radical (unpaired) electrons. The zero-order valence-corrected chi connectivity index (χ0v) is 16.4. The van der Waals surface area contributed by atoms with Gasteiger partial charge in [-0.15, -0.1) is 0 Å². The Morgan fingerprint density at radius 2 is 1.97 bits per heavy atom. The van der Waals surface area contributed by atoms with Crippen molar-refractivity contribution in [2.75, 3.05) is 0 Å². The molecule has 0 spiro atoms. The van der Waals surface area contributed by atoms with Crippen LogP contribution in [0.25, 0.3) is 0 Å². The number of pyridine rings is 1. The molecule has 1 unspecified atom stereocenters. The van der Waals surface area contributed by atoms with Crippen LogP contribution in [0.3, 0.4) is 0 Å². The molecule has 150 valence electrons. The van der Waals surface area contributed by atoms with E-state index in [9.17, 15) is 0 Å². The fraction of sp³-hybridized carbons (Fsp3) is 0.261. The third kappa shape index (κ3) is 4.20. The summed E-state index contributed by atoms with van der Waals surface area (Å²) in [5.74, 6) is 2.45. The largest absolute Gasteiger partial charge is 0.489 e. The summed E-state index contributed by atoms with van der Waals surface area (Å²) in [5, 5.41) is 4.19. The quantitative estimate of drug-likeness (QED) is 0.488. The van der Waals surface area contributed by atoms with Gasteiger partial charge in [0.1, 0.15) is 18.7 Å². The minimum atomic E-state index is 0.230. The molecule has 5 rings (SSSR count). The number of nitrogens with zero attached hydrogens (tertiary/aromatic N) is 5. The van der Waals surface area contributed by atoms with Crippen LogP contribution < -0.4 is 4.74 Å².